The van der Waals surface area contributed by atoms with Crippen LogP contribution in [-0.2, 0) is 0 Å². The van der Waals surface area contributed by atoms with Gasteiger partial charge >= 0.3 is 0 Å². The second-order valence-electron chi connectivity index (χ2n) is 1.81. The van der Waals surface area contributed by atoms with Crippen molar-refractivity contribution in [2.24, 2.45) is 0 Å². The lowest BCUT2D eigenvalue weighted by molar-refractivity contribution is 0.734. The Morgan fingerprint density at radius 2 is 2.25 bits per heavy atom. The number of rotatable bonds is 4. The Hall–Kier alpha value is -0.460. The van der Waals surface area contributed by atoms with Crippen LogP contribution in [-0.4, -0.2) is 6.54 Å². The van der Waals surface area contributed by atoms with Crippen molar-refractivity contribution in [3.8, 4) is 0 Å². The van der Waals surface area contributed by atoms with E-state index in [4.69, 9.17) is 0 Å². The molecule has 8 heavy (non-hydrogen) atoms. The van der Waals surface area contributed by atoms with Gasteiger partial charge in [-0.15, -0.1) is 0 Å². The summed E-state index contributed by atoms with van der Waals surface area (Å²) < 4.78 is 0. The van der Waals surface area contributed by atoms with E-state index in [-0.39, 0.29) is 0 Å². The lowest BCUT2D eigenvalue weighted by atomic mass is 10.3. The number of hydrogen-bond donors (Lipinski definition) is 1. The first kappa shape index (κ1) is 7.54. The van der Waals surface area contributed by atoms with E-state index in [0.29, 0.717) is 0 Å². The molecule has 0 heterocycles. The Morgan fingerprint density at radius 3 is 2.75 bits per heavy atom. The van der Waals surface area contributed by atoms with Crippen molar-refractivity contribution >= 4 is 0 Å². The van der Waals surface area contributed by atoms with E-state index in [2.05, 4.69) is 12.2 Å². The molecule has 0 bridgehead atoms. The third-order valence-electron chi connectivity index (χ3n) is 0.959. The van der Waals surface area contributed by atoms with Gasteiger partial charge in [0.05, 0.1) is 0 Å². The van der Waals surface area contributed by atoms with Crippen LogP contribution in [0.1, 0.15) is 26.7 Å². The van der Waals surface area contributed by atoms with Crippen molar-refractivity contribution < 1.29 is 0 Å². The standard InChI is InChI=1S/C7H15N/c1-3-5-7-8-6-4-2/h4,6,8H,3,5,7H2,1-2H3/b6-4+. The molecular formula is C7H15N. The molecule has 0 aliphatic carbocycles. The number of allylic oxidation sites excluding steroid dienone is 1. The normalized spacial score (nSPS) is 10.2. The first-order valence-corrected chi connectivity index (χ1v) is 3.26. The van der Waals surface area contributed by atoms with E-state index >= 15 is 0 Å². The summed E-state index contributed by atoms with van der Waals surface area (Å²) in [4.78, 5) is 0. The second-order valence-corrected chi connectivity index (χ2v) is 1.81. The molecule has 0 radical (unpaired) electrons. The van der Waals surface area contributed by atoms with E-state index in [0.717, 1.165) is 6.54 Å². The van der Waals surface area contributed by atoms with Crippen LogP contribution in [0.4, 0.5) is 0 Å². The fourth-order valence-electron chi connectivity index (χ4n) is 0.480. The van der Waals surface area contributed by atoms with Crippen LogP contribution in [0.25, 0.3) is 0 Å². The molecule has 0 unspecified atom stereocenters. The highest BCUT2D eigenvalue weighted by molar-refractivity contribution is 4.73. The first-order valence-electron chi connectivity index (χ1n) is 3.26. The highest BCUT2D eigenvalue weighted by Crippen LogP contribution is 1.81. The molecule has 0 atom stereocenters. The molecule has 0 aromatic carbocycles. The monoisotopic (exact) mass is 113 g/mol. The lowest BCUT2D eigenvalue weighted by Crippen LogP contribution is -2.05. The third kappa shape index (κ3) is 5.54. The molecule has 0 saturated heterocycles. The zero-order valence-corrected chi connectivity index (χ0v) is 5.78. The van der Waals surface area contributed by atoms with Crippen molar-refractivity contribution in [1.29, 1.82) is 0 Å². The Morgan fingerprint density at radius 1 is 1.50 bits per heavy atom. The van der Waals surface area contributed by atoms with Crippen LogP contribution in [0.5, 0.6) is 0 Å². The Labute approximate surface area is 51.8 Å². The quantitative estimate of drug-likeness (QED) is 0.549. The molecular weight excluding hydrogens is 98.1 g/mol. The minimum absolute atomic E-state index is 1.11. The molecule has 0 aliphatic rings. The maximum Gasteiger partial charge on any atom is 0.0141 e. The van der Waals surface area contributed by atoms with E-state index < -0.39 is 0 Å². The molecule has 0 aliphatic heterocycles. The van der Waals surface area contributed by atoms with Crippen molar-refractivity contribution in [2.45, 2.75) is 26.7 Å². The predicted molar refractivity (Wildman–Crippen MR) is 37.7 cm³/mol. The average Bonchev–Trinajstić information content (AvgIpc) is 1.81. The second kappa shape index (κ2) is 6.54. The molecule has 1 nitrogen and oxygen atoms in total. The van der Waals surface area contributed by atoms with Crippen molar-refractivity contribution in [1.82, 2.24) is 5.32 Å². The van der Waals surface area contributed by atoms with Gasteiger partial charge in [0.15, 0.2) is 0 Å². The average molecular weight is 113 g/mol. The summed E-state index contributed by atoms with van der Waals surface area (Å²) >= 11 is 0. The third-order valence-corrected chi connectivity index (χ3v) is 0.959. The van der Waals surface area contributed by atoms with Gasteiger partial charge < -0.3 is 5.32 Å². The van der Waals surface area contributed by atoms with E-state index in [1.54, 1.807) is 0 Å². The van der Waals surface area contributed by atoms with Crippen LogP contribution >= 0.6 is 0 Å². The summed E-state index contributed by atoms with van der Waals surface area (Å²) in [6.45, 7) is 5.32. The highest BCUT2D eigenvalue weighted by Gasteiger charge is 1.75. The van der Waals surface area contributed by atoms with E-state index in [9.17, 15) is 0 Å². The largest absolute Gasteiger partial charge is 0.391 e. The highest BCUT2D eigenvalue weighted by atomic mass is 14.8. The summed E-state index contributed by atoms with van der Waals surface area (Å²) in [6, 6.07) is 0. The Kier molecular flexibility index (Phi) is 6.16. The van der Waals surface area contributed by atoms with Crippen LogP contribution in [0.15, 0.2) is 12.3 Å². The van der Waals surface area contributed by atoms with E-state index in [1.165, 1.54) is 12.8 Å². The fraction of sp³-hybridized carbons (Fsp3) is 0.714. The van der Waals surface area contributed by atoms with Crippen molar-refractivity contribution in [3.05, 3.63) is 12.3 Å². The molecule has 0 rings (SSSR count). The lowest BCUT2D eigenvalue weighted by Gasteiger charge is -1.94. The van der Waals surface area contributed by atoms with Crippen LogP contribution in [0.2, 0.25) is 0 Å². The smallest absolute Gasteiger partial charge is 0.0141 e. The molecule has 1 N–H and O–H groups in total. The molecule has 0 aromatic rings. The van der Waals surface area contributed by atoms with Crippen LogP contribution in [0, 0.1) is 0 Å². The fourth-order valence-corrected chi connectivity index (χ4v) is 0.480. The number of nitrogens with one attached hydrogen (secondary N) is 1. The summed E-state index contributed by atoms with van der Waals surface area (Å²) in [5.41, 5.74) is 0. The topological polar surface area (TPSA) is 12.0 Å². The molecule has 0 fully saturated rings. The molecule has 1 heteroatoms. The predicted octanol–water partition coefficient (Wildman–Crippen LogP) is 1.91. The minimum Gasteiger partial charge on any atom is -0.391 e. The van der Waals surface area contributed by atoms with Crippen molar-refractivity contribution in [3.63, 3.8) is 0 Å². The summed E-state index contributed by atoms with van der Waals surface area (Å²) in [5, 5.41) is 3.16. The molecule has 0 saturated carbocycles. The van der Waals surface area contributed by atoms with Gasteiger partial charge in [0.25, 0.3) is 0 Å². The zero-order chi connectivity index (χ0) is 6.24. The molecule has 48 valence electrons. The summed E-state index contributed by atoms with van der Waals surface area (Å²) in [5.74, 6) is 0. The zero-order valence-electron chi connectivity index (χ0n) is 5.78. The molecule has 0 spiro atoms. The van der Waals surface area contributed by atoms with Gasteiger partial charge in [0.2, 0.25) is 0 Å². The van der Waals surface area contributed by atoms with Gasteiger partial charge in [0, 0.05) is 6.54 Å². The van der Waals surface area contributed by atoms with E-state index in [1.807, 2.05) is 19.2 Å². The maximum absolute atomic E-state index is 3.16. The first-order chi connectivity index (χ1) is 3.91. The van der Waals surface area contributed by atoms with Gasteiger partial charge in [-0.2, -0.15) is 0 Å². The van der Waals surface area contributed by atoms with Gasteiger partial charge in [-0.05, 0) is 19.5 Å². The molecule has 0 amide bonds. The number of unbranched alkanes of at least 4 members (excludes halogenated alkanes) is 1. The summed E-state index contributed by atoms with van der Waals surface area (Å²) in [6.07, 6.45) is 6.53. The molecule has 0 aromatic heterocycles. The Balaban J connectivity index is 2.72. The Bertz CT molecular complexity index is 57.4. The van der Waals surface area contributed by atoms with Crippen molar-refractivity contribution in [2.75, 3.05) is 6.54 Å². The van der Waals surface area contributed by atoms with Crippen LogP contribution in [0.3, 0.4) is 0 Å². The van der Waals surface area contributed by atoms with Gasteiger partial charge in [0.1, 0.15) is 0 Å². The van der Waals surface area contributed by atoms with Gasteiger partial charge in [-0.1, -0.05) is 19.4 Å². The maximum atomic E-state index is 3.16. The SMILES string of the molecule is C/C=C/NCCCC. The van der Waals surface area contributed by atoms with Gasteiger partial charge in [-0.3, -0.25) is 0 Å². The summed E-state index contributed by atoms with van der Waals surface area (Å²) in [7, 11) is 0. The number of hydrogen-bond acceptors (Lipinski definition) is 1. The van der Waals surface area contributed by atoms with Crippen LogP contribution < -0.4 is 5.32 Å². The van der Waals surface area contributed by atoms with Gasteiger partial charge in [-0.25, -0.2) is 0 Å². The minimum atomic E-state index is 1.11.